The molecule has 3 amide bonds. The molecule has 0 atom stereocenters. The molecule has 0 aromatic heterocycles. The van der Waals surface area contributed by atoms with E-state index in [9.17, 15) is 24.0 Å². The number of carbonyl (C=O) groups excluding carboxylic acids is 5. The molecule has 0 saturated heterocycles. The van der Waals surface area contributed by atoms with Gasteiger partial charge in [0.1, 0.15) is 32.0 Å². The first-order valence-corrected chi connectivity index (χ1v) is 25.3. The van der Waals surface area contributed by atoms with Gasteiger partial charge >= 0.3 is 18.0 Å². The van der Waals surface area contributed by atoms with E-state index < -0.39 is 35.4 Å². The number of methoxy groups -OCH3 is 2. The molecule has 24 nitrogen and oxygen atoms in total. The van der Waals surface area contributed by atoms with Crippen molar-refractivity contribution in [2.24, 2.45) is 0 Å². The highest BCUT2D eigenvalue weighted by molar-refractivity contribution is 6.21. The highest BCUT2D eigenvalue weighted by Gasteiger charge is 2.37. The van der Waals surface area contributed by atoms with Gasteiger partial charge in [0, 0.05) is 52.4 Å². The van der Waals surface area contributed by atoms with Crippen LogP contribution in [0.1, 0.15) is 62.2 Å². The number of esters is 2. The van der Waals surface area contributed by atoms with Crippen molar-refractivity contribution in [1.29, 1.82) is 0 Å². The number of amides is 3. The highest BCUT2D eigenvalue weighted by atomic mass is 16.6. The summed E-state index contributed by atoms with van der Waals surface area (Å²) in [7, 11) is 2.41. The molecule has 75 heavy (non-hydrogen) atoms. The lowest BCUT2D eigenvalue weighted by Gasteiger charge is -2.24. The summed E-state index contributed by atoms with van der Waals surface area (Å²) in [6, 6.07) is 5.82. The summed E-state index contributed by atoms with van der Waals surface area (Å²) in [6.07, 6.45) is -0.469. The molecule has 5 rings (SSSR count). The Hall–Kier alpha value is -5.41. The molecule has 3 aliphatic rings. The zero-order valence-corrected chi connectivity index (χ0v) is 44.1. The minimum Gasteiger partial charge on any atom is -0.487 e. The maximum atomic E-state index is 13.9. The predicted molar refractivity (Wildman–Crippen MR) is 267 cm³/mol. The van der Waals surface area contributed by atoms with Crippen molar-refractivity contribution >= 4 is 29.8 Å². The molecule has 0 spiro atoms. The van der Waals surface area contributed by atoms with Crippen molar-refractivity contribution in [3.63, 3.8) is 0 Å². The molecule has 0 aliphatic carbocycles. The number of alkyl carbamates (subject to hydrolysis) is 1. The van der Waals surface area contributed by atoms with Crippen LogP contribution in [0.2, 0.25) is 0 Å². The van der Waals surface area contributed by atoms with Gasteiger partial charge in [0.25, 0.3) is 11.8 Å². The zero-order valence-electron chi connectivity index (χ0n) is 44.1. The number of nitrogens with zero attached hydrogens (tertiary/aromatic N) is 3. The summed E-state index contributed by atoms with van der Waals surface area (Å²) < 4.78 is 85.4. The Balaban J connectivity index is 1.11. The fourth-order valence-electron chi connectivity index (χ4n) is 7.52. The SMILES string of the molecule is COC(=O)c1cc2c(cc1C(=O)OC)OCCOCCOCCN(CCN1C(=O)c3cc4c(cc3C1=O)OCCOCCOCCN(CCNC(=O)OC(C)(C)C)CCOCCOCCO4)CCOCCOCCO2. The lowest BCUT2D eigenvalue weighted by Crippen LogP contribution is -2.40. The first-order chi connectivity index (χ1) is 36.4. The van der Waals surface area contributed by atoms with Crippen LogP contribution in [0.3, 0.4) is 0 Å². The summed E-state index contributed by atoms with van der Waals surface area (Å²) in [5.41, 5.74) is -0.269. The Morgan fingerprint density at radius 1 is 0.467 bits per heavy atom. The third kappa shape index (κ3) is 21.6. The largest absolute Gasteiger partial charge is 0.487 e. The van der Waals surface area contributed by atoms with Gasteiger partial charge in [0.05, 0.1) is 142 Å². The number of benzene rings is 2. The van der Waals surface area contributed by atoms with Gasteiger partial charge < -0.3 is 76.4 Å². The van der Waals surface area contributed by atoms with E-state index in [4.69, 9.17) is 71.1 Å². The molecule has 420 valence electrons. The molecule has 0 radical (unpaired) electrons. The fraction of sp³-hybridized carbons (Fsp3) is 0.667. The van der Waals surface area contributed by atoms with E-state index in [2.05, 4.69) is 10.2 Å². The normalized spacial score (nSPS) is 19.1. The van der Waals surface area contributed by atoms with Gasteiger partial charge in [-0.15, -0.1) is 0 Å². The number of ether oxygens (including phenoxy) is 15. The minimum absolute atomic E-state index is 0.0472. The Bertz CT molecular complexity index is 1970. The van der Waals surface area contributed by atoms with Gasteiger partial charge in [-0.2, -0.15) is 0 Å². The molecular weight excluding hydrogens is 989 g/mol. The van der Waals surface area contributed by atoms with E-state index >= 15 is 0 Å². The van der Waals surface area contributed by atoms with Crippen LogP contribution in [0.5, 0.6) is 23.0 Å². The smallest absolute Gasteiger partial charge is 0.407 e. The Morgan fingerprint density at radius 3 is 1.13 bits per heavy atom. The Labute approximate surface area is 438 Å². The second-order valence-corrected chi connectivity index (χ2v) is 17.8. The number of nitrogens with one attached hydrogen (secondary N) is 1. The summed E-state index contributed by atoms with van der Waals surface area (Å²) in [5.74, 6) is -1.42. The van der Waals surface area contributed by atoms with Crippen LogP contribution in [0.25, 0.3) is 0 Å². The van der Waals surface area contributed by atoms with Crippen LogP contribution in [0.15, 0.2) is 24.3 Å². The van der Waals surface area contributed by atoms with E-state index in [-0.39, 0.29) is 131 Å². The molecular formula is C51H76N4O20. The van der Waals surface area contributed by atoms with Crippen LogP contribution in [-0.4, -0.2) is 249 Å². The van der Waals surface area contributed by atoms with E-state index in [0.717, 1.165) is 0 Å². The number of imide groups is 1. The summed E-state index contributed by atoms with van der Waals surface area (Å²) in [4.78, 5) is 70.3. The highest BCUT2D eigenvalue weighted by Crippen LogP contribution is 2.36. The van der Waals surface area contributed by atoms with Gasteiger partial charge in [0.2, 0.25) is 0 Å². The van der Waals surface area contributed by atoms with Crippen molar-refractivity contribution in [1.82, 2.24) is 20.0 Å². The molecule has 2 aromatic carbocycles. The molecule has 0 unspecified atom stereocenters. The number of hydrogen-bond acceptors (Lipinski definition) is 22. The Kier molecular flexibility index (Phi) is 27.1. The molecule has 24 heteroatoms. The average molecular weight is 1070 g/mol. The molecule has 2 aromatic rings. The zero-order chi connectivity index (χ0) is 53.7. The van der Waals surface area contributed by atoms with Crippen LogP contribution in [0.4, 0.5) is 4.79 Å². The van der Waals surface area contributed by atoms with E-state index in [1.165, 1.54) is 31.3 Å². The van der Waals surface area contributed by atoms with Crippen molar-refractivity contribution < 1.29 is 95.0 Å². The molecule has 3 aliphatic heterocycles. The van der Waals surface area contributed by atoms with Crippen LogP contribution in [-0.2, 0) is 52.1 Å². The van der Waals surface area contributed by atoms with E-state index in [0.29, 0.717) is 98.7 Å². The summed E-state index contributed by atoms with van der Waals surface area (Å²) in [6.45, 7) is 14.4. The maximum Gasteiger partial charge on any atom is 0.407 e. The van der Waals surface area contributed by atoms with Crippen molar-refractivity contribution in [2.75, 3.05) is 199 Å². The number of rotatable bonds is 8. The summed E-state index contributed by atoms with van der Waals surface area (Å²) >= 11 is 0. The van der Waals surface area contributed by atoms with Crippen LogP contribution >= 0.6 is 0 Å². The fourth-order valence-corrected chi connectivity index (χ4v) is 7.52. The van der Waals surface area contributed by atoms with Gasteiger partial charge in [-0.05, 0) is 45.0 Å². The molecule has 0 saturated carbocycles. The Morgan fingerprint density at radius 2 is 0.787 bits per heavy atom. The topological polar surface area (TPSA) is 246 Å². The van der Waals surface area contributed by atoms with E-state index in [1.807, 2.05) is 25.7 Å². The second kappa shape index (κ2) is 33.6. The first-order valence-electron chi connectivity index (χ1n) is 25.3. The lowest BCUT2D eigenvalue weighted by atomic mass is 10.1. The lowest BCUT2D eigenvalue weighted by molar-refractivity contribution is 0.0172. The molecule has 0 bridgehead atoms. The molecule has 0 fully saturated rings. The van der Waals surface area contributed by atoms with Crippen LogP contribution in [0, 0.1) is 0 Å². The van der Waals surface area contributed by atoms with Gasteiger partial charge in [0.15, 0.2) is 23.0 Å². The van der Waals surface area contributed by atoms with Crippen molar-refractivity contribution in [3.8, 4) is 23.0 Å². The number of carbonyl (C=O) groups is 5. The van der Waals surface area contributed by atoms with Gasteiger partial charge in [-0.1, -0.05) is 0 Å². The number of hydrogen-bond donors (Lipinski definition) is 1. The third-order valence-corrected chi connectivity index (χ3v) is 11.3. The summed E-state index contributed by atoms with van der Waals surface area (Å²) in [5, 5.41) is 2.79. The van der Waals surface area contributed by atoms with Crippen LogP contribution < -0.4 is 24.3 Å². The van der Waals surface area contributed by atoms with Gasteiger partial charge in [-0.25, -0.2) is 14.4 Å². The predicted octanol–water partition coefficient (Wildman–Crippen LogP) is 2.36. The van der Waals surface area contributed by atoms with Crippen molar-refractivity contribution in [2.45, 2.75) is 26.4 Å². The second-order valence-electron chi connectivity index (χ2n) is 17.8. The third-order valence-electron chi connectivity index (χ3n) is 11.3. The first kappa shape index (κ1) is 60.5. The monoisotopic (exact) mass is 1060 g/mol. The number of fused-ring (bicyclic) bond motifs is 3. The standard InChI is InChI=1S/C51H76N4O20/c1-51(2,3)75-50(60)52-6-7-53-10-14-63-18-22-67-26-30-71-42-34-38-39(35-43(42)72-31-27-68-23-19-64-15-11-53)47(57)55(46(38)56)9-8-54-12-16-65-20-24-69-28-32-73-44-36-40(48(58)61-4)41(49(59)62-5)37-45(44)74-33-29-70-25-21-66-17-13-54/h34-37H,6-33H2,1-5H3,(H,52,60). The molecule has 1 N–H and O–H groups in total. The minimum atomic E-state index is -0.749. The molecule has 3 heterocycles. The average Bonchev–Trinajstić information content (AvgIpc) is 3.61. The van der Waals surface area contributed by atoms with E-state index in [1.54, 1.807) is 12.1 Å². The van der Waals surface area contributed by atoms with Crippen molar-refractivity contribution in [3.05, 3.63) is 46.5 Å². The van der Waals surface area contributed by atoms with Gasteiger partial charge in [-0.3, -0.25) is 24.3 Å². The quantitative estimate of drug-likeness (QED) is 0.227. The maximum absolute atomic E-state index is 13.9.